The molecule has 2 aliphatic heterocycles. The molecule has 26 heavy (non-hydrogen) atoms. The van der Waals surface area contributed by atoms with E-state index in [4.69, 9.17) is 4.98 Å². The molecule has 0 amide bonds. The predicted molar refractivity (Wildman–Crippen MR) is 110 cm³/mol. The lowest BCUT2D eigenvalue weighted by atomic mass is 10.0. The van der Waals surface area contributed by atoms with E-state index in [2.05, 4.69) is 48.5 Å². The summed E-state index contributed by atoms with van der Waals surface area (Å²) in [6.07, 6.45) is 12.3. The van der Waals surface area contributed by atoms with E-state index in [1.54, 1.807) is 0 Å². The molecule has 3 rings (SSSR count). The van der Waals surface area contributed by atoms with Crippen LogP contribution in [0.15, 0.2) is 12.3 Å². The van der Waals surface area contributed by atoms with Gasteiger partial charge in [0.05, 0.1) is 0 Å². The third-order valence-electron chi connectivity index (χ3n) is 6.14. The van der Waals surface area contributed by atoms with Crippen LogP contribution >= 0.6 is 0 Å². The topological polar surface area (TPSA) is 32.3 Å². The van der Waals surface area contributed by atoms with Crippen molar-refractivity contribution in [3.05, 3.63) is 18.0 Å². The lowest BCUT2D eigenvalue weighted by molar-refractivity contribution is 0.176. The van der Waals surface area contributed by atoms with Crippen LogP contribution in [0, 0.1) is 5.92 Å². The smallest absolute Gasteiger partial charge is 0.226 e. The summed E-state index contributed by atoms with van der Waals surface area (Å²) in [4.78, 5) is 14.8. The first-order valence-electron chi connectivity index (χ1n) is 10.9. The maximum absolute atomic E-state index is 4.95. The third kappa shape index (κ3) is 4.97. The first kappa shape index (κ1) is 19.6. The van der Waals surface area contributed by atoms with Crippen molar-refractivity contribution >= 4 is 5.95 Å². The Morgan fingerprint density at radius 3 is 2.35 bits per heavy atom. The molecule has 0 radical (unpaired) electrons. The fourth-order valence-electron chi connectivity index (χ4n) is 4.54. The molecule has 1 aromatic heterocycles. The molecule has 0 aliphatic carbocycles. The summed E-state index contributed by atoms with van der Waals surface area (Å²) in [5.41, 5.74) is 1.23. The first-order chi connectivity index (χ1) is 12.5. The number of unbranched alkanes of at least 4 members (excludes halogenated alkanes) is 3. The maximum atomic E-state index is 4.95. The molecule has 4 nitrogen and oxygen atoms in total. The Hall–Kier alpha value is -1.16. The molecule has 0 aromatic carbocycles. The molecule has 3 heterocycles. The number of rotatable bonds is 9. The van der Waals surface area contributed by atoms with Gasteiger partial charge >= 0.3 is 0 Å². The summed E-state index contributed by atoms with van der Waals surface area (Å²) in [7, 11) is 0. The molecule has 4 heteroatoms. The number of piperazine rings is 1. The van der Waals surface area contributed by atoms with E-state index in [0.717, 1.165) is 31.4 Å². The normalized spacial score (nSPS) is 23.4. The van der Waals surface area contributed by atoms with Gasteiger partial charge in [0.1, 0.15) is 0 Å². The van der Waals surface area contributed by atoms with Crippen molar-refractivity contribution in [2.75, 3.05) is 18.0 Å². The van der Waals surface area contributed by atoms with Gasteiger partial charge in [0.25, 0.3) is 0 Å². The predicted octanol–water partition coefficient (Wildman–Crippen LogP) is 4.69. The Labute approximate surface area is 160 Å². The second-order valence-electron chi connectivity index (χ2n) is 9.03. The van der Waals surface area contributed by atoms with E-state index in [1.807, 2.05) is 6.20 Å². The van der Waals surface area contributed by atoms with Crippen LogP contribution in [0.1, 0.15) is 78.3 Å². The molecule has 2 atom stereocenters. The number of hydrogen-bond donors (Lipinski definition) is 0. The molecule has 0 N–H and O–H groups in total. The van der Waals surface area contributed by atoms with Crippen LogP contribution in [-0.2, 0) is 6.42 Å². The van der Waals surface area contributed by atoms with Gasteiger partial charge in [-0.15, -0.1) is 0 Å². The number of aromatic nitrogens is 2. The average Bonchev–Trinajstić information content (AvgIpc) is 2.87. The van der Waals surface area contributed by atoms with Gasteiger partial charge in [0.2, 0.25) is 5.95 Å². The van der Waals surface area contributed by atoms with Gasteiger partial charge < -0.3 is 4.90 Å². The van der Waals surface area contributed by atoms with E-state index in [1.165, 1.54) is 50.6 Å². The number of hydrogen-bond acceptors (Lipinski definition) is 4. The molecule has 0 saturated carbocycles. The lowest BCUT2D eigenvalue weighted by Gasteiger charge is -2.42. The van der Waals surface area contributed by atoms with Crippen molar-refractivity contribution < 1.29 is 0 Å². The van der Waals surface area contributed by atoms with Crippen LogP contribution < -0.4 is 4.90 Å². The minimum absolute atomic E-state index is 0.599. The monoisotopic (exact) mass is 358 g/mol. The lowest BCUT2D eigenvalue weighted by Crippen LogP contribution is -2.56. The zero-order valence-corrected chi connectivity index (χ0v) is 17.3. The molecule has 146 valence electrons. The Morgan fingerprint density at radius 2 is 1.69 bits per heavy atom. The summed E-state index contributed by atoms with van der Waals surface area (Å²) in [6, 6.07) is 3.96. The second kappa shape index (κ2) is 9.16. The third-order valence-corrected chi connectivity index (χ3v) is 6.14. The van der Waals surface area contributed by atoms with Crippen LogP contribution in [0.3, 0.4) is 0 Å². The van der Waals surface area contributed by atoms with Crippen LogP contribution in [-0.4, -0.2) is 46.1 Å². The fourth-order valence-corrected chi connectivity index (χ4v) is 4.54. The van der Waals surface area contributed by atoms with E-state index in [9.17, 15) is 0 Å². The van der Waals surface area contributed by atoms with Gasteiger partial charge in [-0.1, -0.05) is 39.5 Å². The zero-order valence-electron chi connectivity index (χ0n) is 17.3. The number of anilines is 1. The van der Waals surface area contributed by atoms with Gasteiger partial charge in [-0.25, -0.2) is 9.97 Å². The summed E-state index contributed by atoms with van der Waals surface area (Å²) >= 11 is 0. The molecule has 2 unspecified atom stereocenters. The summed E-state index contributed by atoms with van der Waals surface area (Å²) < 4.78 is 0. The Kier molecular flexibility index (Phi) is 6.91. The van der Waals surface area contributed by atoms with Crippen molar-refractivity contribution in [2.24, 2.45) is 5.92 Å². The largest absolute Gasteiger partial charge is 0.332 e. The molecule has 2 bridgehead atoms. The van der Waals surface area contributed by atoms with Crippen LogP contribution in [0.2, 0.25) is 0 Å². The standard InChI is InChI=1S/C22H38N4/c1-17(2)9-7-5-6-8-10-19-13-14-23-22(24-19)26-20-11-12-21(26)16-25(15-20)18(3)4/h13-14,17-18,20-21H,5-12,15-16H2,1-4H3. The van der Waals surface area contributed by atoms with Crippen molar-refractivity contribution in [1.82, 2.24) is 14.9 Å². The minimum Gasteiger partial charge on any atom is -0.332 e. The van der Waals surface area contributed by atoms with Crippen molar-refractivity contribution in [1.29, 1.82) is 0 Å². The Balaban J connectivity index is 1.52. The Bertz CT molecular complexity index is 543. The van der Waals surface area contributed by atoms with E-state index >= 15 is 0 Å². The zero-order chi connectivity index (χ0) is 18.5. The number of likely N-dealkylation sites (tertiary alicyclic amines) is 1. The summed E-state index contributed by atoms with van der Waals surface area (Å²) in [5, 5.41) is 0. The average molecular weight is 359 g/mol. The Morgan fingerprint density at radius 1 is 1.00 bits per heavy atom. The molecule has 0 spiro atoms. The molecular weight excluding hydrogens is 320 g/mol. The fraction of sp³-hybridized carbons (Fsp3) is 0.818. The number of fused-ring (bicyclic) bond motifs is 2. The van der Waals surface area contributed by atoms with Crippen molar-refractivity contribution in [2.45, 2.75) is 97.2 Å². The first-order valence-corrected chi connectivity index (χ1v) is 10.9. The maximum Gasteiger partial charge on any atom is 0.226 e. The highest BCUT2D eigenvalue weighted by atomic mass is 15.4. The van der Waals surface area contributed by atoms with Gasteiger partial charge in [-0.05, 0) is 51.5 Å². The molecule has 2 saturated heterocycles. The summed E-state index contributed by atoms with van der Waals surface area (Å²) in [5.74, 6) is 1.82. The molecule has 2 fully saturated rings. The highest BCUT2D eigenvalue weighted by molar-refractivity contribution is 5.38. The van der Waals surface area contributed by atoms with Gasteiger partial charge in [0, 0.05) is 43.1 Å². The number of aryl methyl sites for hydroxylation is 1. The van der Waals surface area contributed by atoms with E-state index < -0.39 is 0 Å². The van der Waals surface area contributed by atoms with Gasteiger partial charge in [-0.3, -0.25) is 4.90 Å². The van der Waals surface area contributed by atoms with Crippen LogP contribution in [0.25, 0.3) is 0 Å². The SMILES string of the molecule is CC(C)CCCCCCc1ccnc(N2C3CCC2CN(C(C)C)C3)n1. The molecular formula is C22H38N4. The van der Waals surface area contributed by atoms with Gasteiger partial charge in [-0.2, -0.15) is 0 Å². The van der Waals surface area contributed by atoms with Gasteiger partial charge in [0.15, 0.2) is 0 Å². The van der Waals surface area contributed by atoms with E-state index in [-0.39, 0.29) is 0 Å². The van der Waals surface area contributed by atoms with Crippen molar-refractivity contribution in [3.63, 3.8) is 0 Å². The number of nitrogens with zero attached hydrogens (tertiary/aromatic N) is 4. The van der Waals surface area contributed by atoms with Crippen molar-refractivity contribution in [3.8, 4) is 0 Å². The van der Waals surface area contributed by atoms with Crippen LogP contribution in [0.4, 0.5) is 5.95 Å². The molecule has 1 aromatic rings. The second-order valence-corrected chi connectivity index (χ2v) is 9.03. The van der Waals surface area contributed by atoms with E-state index in [0.29, 0.717) is 18.1 Å². The minimum atomic E-state index is 0.599. The van der Waals surface area contributed by atoms with Crippen LogP contribution in [0.5, 0.6) is 0 Å². The quantitative estimate of drug-likeness (QED) is 0.600. The molecule has 2 aliphatic rings. The highest BCUT2D eigenvalue weighted by Gasteiger charge is 2.41. The summed E-state index contributed by atoms with van der Waals surface area (Å²) in [6.45, 7) is 11.6. The highest BCUT2D eigenvalue weighted by Crippen LogP contribution is 2.33.